The molecule has 7 heteroatoms. The minimum atomic E-state index is -0.400. The maximum atomic E-state index is 12.2. The number of nitrogens with one attached hydrogen (secondary N) is 1. The van der Waals surface area contributed by atoms with Crippen molar-refractivity contribution in [3.63, 3.8) is 0 Å². The van der Waals surface area contributed by atoms with Gasteiger partial charge in [-0.3, -0.25) is 4.79 Å². The van der Waals surface area contributed by atoms with Crippen LogP contribution in [0.3, 0.4) is 0 Å². The lowest BCUT2D eigenvalue weighted by molar-refractivity contribution is 0.0765. The number of H-pyrrole nitrogens is 1. The number of benzene rings is 1. The number of tetrazole rings is 1. The topological polar surface area (TPSA) is 95.0 Å². The monoisotopic (exact) mass is 259 g/mol. The Labute approximate surface area is 109 Å². The third-order valence-electron chi connectivity index (χ3n) is 3.19. The molecule has 1 saturated heterocycles. The van der Waals surface area contributed by atoms with Gasteiger partial charge in [-0.15, -0.1) is 10.2 Å². The lowest BCUT2D eigenvalue weighted by Crippen LogP contribution is -2.29. The van der Waals surface area contributed by atoms with Crippen molar-refractivity contribution in [1.82, 2.24) is 25.5 Å². The third-order valence-corrected chi connectivity index (χ3v) is 3.19. The number of rotatable bonds is 2. The largest absolute Gasteiger partial charge is 0.391 e. The van der Waals surface area contributed by atoms with Crippen LogP contribution in [0, 0.1) is 0 Å². The van der Waals surface area contributed by atoms with E-state index in [4.69, 9.17) is 0 Å². The molecule has 1 aromatic heterocycles. The van der Waals surface area contributed by atoms with Crippen LogP contribution in [-0.2, 0) is 0 Å². The van der Waals surface area contributed by atoms with Gasteiger partial charge in [0.05, 0.1) is 6.10 Å². The summed E-state index contributed by atoms with van der Waals surface area (Å²) in [6, 6.07) is 7.03. The first-order chi connectivity index (χ1) is 9.24. The summed E-state index contributed by atoms with van der Waals surface area (Å²) in [5.74, 6) is 0.437. The number of hydrogen-bond acceptors (Lipinski definition) is 5. The number of carbonyl (C=O) groups excluding carboxylic acids is 1. The number of aromatic nitrogens is 4. The number of aliphatic hydroxyl groups is 1. The van der Waals surface area contributed by atoms with E-state index >= 15 is 0 Å². The minimum Gasteiger partial charge on any atom is -0.391 e. The molecule has 2 aromatic rings. The number of hydrogen-bond donors (Lipinski definition) is 2. The number of β-amino-alcohol motifs (C(OH)–C–C–N with tert-alkyl or cyclic N) is 1. The maximum absolute atomic E-state index is 12.2. The number of carbonyl (C=O) groups is 1. The first-order valence-electron chi connectivity index (χ1n) is 6.05. The number of aliphatic hydroxyl groups excluding tert-OH is 1. The number of nitrogens with zero attached hydrogens (tertiary/aromatic N) is 4. The zero-order valence-corrected chi connectivity index (χ0v) is 10.2. The van der Waals surface area contributed by atoms with Crippen molar-refractivity contribution in [2.45, 2.75) is 12.5 Å². The van der Waals surface area contributed by atoms with E-state index in [1.165, 1.54) is 0 Å². The first kappa shape index (κ1) is 11.8. The average molecular weight is 259 g/mol. The minimum absolute atomic E-state index is 0.0591. The molecule has 0 aliphatic carbocycles. The van der Waals surface area contributed by atoms with Gasteiger partial charge in [-0.25, -0.2) is 0 Å². The van der Waals surface area contributed by atoms with Crippen molar-refractivity contribution in [3.05, 3.63) is 29.8 Å². The van der Waals surface area contributed by atoms with Crippen LogP contribution in [0.4, 0.5) is 0 Å². The van der Waals surface area contributed by atoms with Crippen LogP contribution >= 0.6 is 0 Å². The Hall–Kier alpha value is -2.28. The molecule has 1 fully saturated rings. The highest BCUT2D eigenvalue weighted by atomic mass is 16.3. The van der Waals surface area contributed by atoms with Gasteiger partial charge in [-0.2, -0.15) is 5.21 Å². The number of amides is 1. The predicted octanol–water partition coefficient (Wildman–Crippen LogP) is 0.0735. The van der Waals surface area contributed by atoms with Gasteiger partial charge in [0.2, 0.25) is 5.82 Å². The van der Waals surface area contributed by atoms with Crippen LogP contribution in [0.15, 0.2) is 24.3 Å². The molecular formula is C12H13N5O2. The Balaban J connectivity index is 1.77. The normalized spacial score (nSPS) is 18.8. The van der Waals surface area contributed by atoms with Gasteiger partial charge in [-0.05, 0) is 23.8 Å². The molecule has 0 radical (unpaired) electrons. The number of likely N-dealkylation sites (tertiary alicyclic amines) is 1. The Bertz CT molecular complexity index is 566. The molecule has 1 aromatic carbocycles. The molecule has 0 bridgehead atoms. The second kappa shape index (κ2) is 4.77. The zero-order valence-electron chi connectivity index (χ0n) is 10.2. The Morgan fingerprint density at radius 3 is 2.74 bits per heavy atom. The van der Waals surface area contributed by atoms with Crippen molar-refractivity contribution < 1.29 is 9.90 Å². The van der Waals surface area contributed by atoms with Gasteiger partial charge in [0.25, 0.3) is 5.91 Å². The van der Waals surface area contributed by atoms with Crippen LogP contribution in [-0.4, -0.2) is 55.7 Å². The fraction of sp³-hybridized carbons (Fsp3) is 0.333. The summed E-state index contributed by atoms with van der Waals surface area (Å²) in [7, 11) is 0. The van der Waals surface area contributed by atoms with E-state index in [0.29, 0.717) is 30.9 Å². The van der Waals surface area contributed by atoms with Crippen molar-refractivity contribution in [3.8, 4) is 11.4 Å². The Kier molecular flexibility index (Phi) is 2.96. The van der Waals surface area contributed by atoms with Crippen LogP contribution < -0.4 is 0 Å². The highest BCUT2D eigenvalue weighted by Crippen LogP contribution is 2.17. The van der Waals surface area contributed by atoms with E-state index in [0.717, 1.165) is 5.56 Å². The van der Waals surface area contributed by atoms with Crippen molar-refractivity contribution in [2.75, 3.05) is 13.1 Å². The predicted molar refractivity (Wildman–Crippen MR) is 66.1 cm³/mol. The van der Waals surface area contributed by atoms with Crippen LogP contribution in [0.2, 0.25) is 0 Å². The Morgan fingerprint density at radius 1 is 1.37 bits per heavy atom. The Morgan fingerprint density at radius 2 is 2.16 bits per heavy atom. The third kappa shape index (κ3) is 2.32. The molecule has 0 unspecified atom stereocenters. The van der Waals surface area contributed by atoms with E-state index < -0.39 is 6.10 Å². The van der Waals surface area contributed by atoms with Crippen LogP contribution in [0.5, 0.6) is 0 Å². The van der Waals surface area contributed by atoms with E-state index in [1.807, 2.05) is 0 Å². The molecule has 1 atom stereocenters. The van der Waals surface area contributed by atoms with E-state index in [-0.39, 0.29) is 5.91 Å². The zero-order chi connectivity index (χ0) is 13.2. The van der Waals surface area contributed by atoms with Crippen molar-refractivity contribution >= 4 is 5.91 Å². The van der Waals surface area contributed by atoms with Crippen LogP contribution in [0.1, 0.15) is 16.8 Å². The lowest BCUT2D eigenvalue weighted by Gasteiger charge is -2.15. The summed E-state index contributed by atoms with van der Waals surface area (Å²) >= 11 is 0. The van der Waals surface area contributed by atoms with E-state index in [2.05, 4.69) is 20.6 Å². The smallest absolute Gasteiger partial charge is 0.253 e. The molecule has 0 spiro atoms. The van der Waals surface area contributed by atoms with E-state index in [9.17, 15) is 9.90 Å². The summed E-state index contributed by atoms with van der Waals surface area (Å²) in [5, 5.41) is 23.1. The van der Waals surface area contributed by atoms with E-state index in [1.54, 1.807) is 29.2 Å². The van der Waals surface area contributed by atoms with Gasteiger partial charge in [-0.1, -0.05) is 12.1 Å². The summed E-state index contributed by atoms with van der Waals surface area (Å²) in [6.07, 6.45) is 0.245. The molecule has 2 heterocycles. The molecule has 7 nitrogen and oxygen atoms in total. The maximum Gasteiger partial charge on any atom is 0.253 e. The van der Waals surface area contributed by atoms with Gasteiger partial charge in [0, 0.05) is 24.2 Å². The highest BCUT2D eigenvalue weighted by molar-refractivity contribution is 5.94. The highest BCUT2D eigenvalue weighted by Gasteiger charge is 2.25. The van der Waals surface area contributed by atoms with Crippen LogP contribution in [0.25, 0.3) is 11.4 Å². The molecule has 2 N–H and O–H groups in total. The fourth-order valence-corrected chi connectivity index (χ4v) is 2.15. The lowest BCUT2D eigenvalue weighted by atomic mass is 10.1. The van der Waals surface area contributed by atoms with Crippen molar-refractivity contribution in [2.24, 2.45) is 0 Å². The summed E-state index contributed by atoms with van der Waals surface area (Å²) in [6.45, 7) is 1.01. The molecule has 98 valence electrons. The summed E-state index contributed by atoms with van der Waals surface area (Å²) < 4.78 is 0. The van der Waals surface area contributed by atoms with Gasteiger partial charge < -0.3 is 10.0 Å². The van der Waals surface area contributed by atoms with Gasteiger partial charge in [0.1, 0.15) is 0 Å². The van der Waals surface area contributed by atoms with Gasteiger partial charge >= 0.3 is 0 Å². The molecule has 0 saturated carbocycles. The molecular weight excluding hydrogens is 246 g/mol. The first-order valence-corrected chi connectivity index (χ1v) is 6.05. The van der Waals surface area contributed by atoms with Crippen molar-refractivity contribution in [1.29, 1.82) is 0 Å². The second-order valence-electron chi connectivity index (χ2n) is 4.51. The molecule has 19 heavy (non-hydrogen) atoms. The molecule has 1 aliphatic rings. The molecule has 3 rings (SSSR count). The second-order valence-corrected chi connectivity index (χ2v) is 4.51. The van der Waals surface area contributed by atoms with Gasteiger partial charge in [0.15, 0.2) is 0 Å². The summed E-state index contributed by atoms with van der Waals surface area (Å²) in [5.41, 5.74) is 1.40. The molecule has 1 aliphatic heterocycles. The number of aromatic amines is 1. The average Bonchev–Trinajstić information content (AvgIpc) is 3.09. The standard InChI is InChI=1S/C12H13N5O2/c18-10-5-6-17(7-10)12(19)9-3-1-8(2-4-9)11-13-15-16-14-11/h1-4,10,18H,5-7H2,(H,13,14,15,16)/t10-/m1/s1. The quantitative estimate of drug-likeness (QED) is 0.796. The summed E-state index contributed by atoms with van der Waals surface area (Å²) in [4.78, 5) is 13.8. The SMILES string of the molecule is O=C(c1ccc(-c2nn[nH]n2)cc1)N1CC[C@@H](O)C1. The molecule has 1 amide bonds. The fourth-order valence-electron chi connectivity index (χ4n) is 2.15.